The van der Waals surface area contributed by atoms with Crippen molar-refractivity contribution in [2.45, 2.75) is 24.8 Å². The van der Waals surface area contributed by atoms with Gasteiger partial charge in [0.15, 0.2) is 0 Å². The van der Waals surface area contributed by atoms with Gasteiger partial charge >= 0.3 is 6.03 Å². The second-order valence-corrected chi connectivity index (χ2v) is 7.11. The SMILES string of the molecule is N#Cc1cc(NCC2CCCC23NC(=O)NC3=O)nc2ccc(Cl)cc12. The lowest BCUT2D eigenvalue weighted by molar-refractivity contribution is -0.125. The summed E-state index contributed by atoms with van der Waals surface area (Å²) in [6.45, 7) is 0.477. The number of anilines is 1. The Balaban J connectivity index is 1.58. The van der Waals surface area contributed by atoms with E-state index >= 15 is 0 Å². The maximum absolute atomic E-state index is 12.2. The van der Waals surface area contributed by atoms with Crippen LogP contribution in [0.3, 0.4) is 0 Å². The Morgan fingerprint density at radius 1 is 1.38 bits per heavy atom. The molecular formula is C18H16ClN5O2. The van der Waals surface area contributed by atoms with E-state index < -0.39 is 11.6 Å². The zero-order chi connectivity index (χ0) is 18.3. The van der Waals surface area contributed by atoms with E-state index in [9.17, 15) is 14.9 Å². The lowest BCUT2D eigenvalue weighted by Gasteiger charge is -2.28. The normalized spacial score (nSPS) is 24.5. The molecule has 1 aliphatic heterocycles. The average molecular weight is 370 g/mol. The molecule has 26 heavy (non-hydrogen) atoms. The molecule has 0 bridgehead atoms. The minimum Gasteiger partial charge on any atom is -0.370 e. The molecule has 1 aromatic heterocycles. The Hall–Kier alpha value is -2.85. The number of amides is 3. The maximum Gasteiger partial charge on any atom is 0.322 e. The number of aromatic nitrogens is 1. The Kier molecular flexibility index (Phi) is 3.93. The highest BCUT2D eigenvalue weighted by Gasteiger charge is 2.54. The van der Waals surface area contributed by atoms with Gasteiger partial charge in [-0.3, -0.25) is 10.1 Å². The Morgan fingerprint density at radius 2 is 2.23 bits per heavy atom. The predicted octanol–water partition coefficient (Wildman–Crippen LogP) is 2.55. The number of carbonyl (C=O) groups excluding carboxylic acids is 2. The van der Waals surface area contributed by atoms with Crippen LogP contribution < -0.4 is 16.0 Å². The molecule has 2 unspecified atom stereocenters. The number of pyridine rings is 1. The van der Waals surface area contributed by atoms with E-state index in [0.717, 1.165) is 12.8 Å². The summed E-state index contributed by atoms with van der Waals surface area (Å²) >= 11 is 6.00. The van der Waals surface area contributed by atoms with Crippen LogP contribution in [0.4, 0.5) is 10.6 Å². The Bertz CT molecular complexity index is 970. The molecule has 3 amide bonds. The third-order valence-electron chi connectivity index (χ3n) is 5.21. The van der Waals surface area contributed by atoms with Crippen molar-refractivity contribution in [1.29, 1.82) is 5.26 Å². The van der Waals surface area contributed by atoms with Gasteiger partial charge in [-0.05, 0) is 37.1 Å². The van der Waals surface area contributed by atoms with Gasteiger partial charge in [0.2, 0.25) is 0 Å². The molecule has 4 rings (SSSR count). The van der Waals surface area contributed by atoms with Gasteiger partial charge in [0.25, 0.3) is 5.91 Å². The molecule has 1 aliphatic carbocycles. The molecule has 2 aliphatic rings. The lowest BCUT2D eigenvalue weighted by atomic mass is 9.87. The zero-order valence-corrected chi connectivity index (χ0v) is 14.6. The number of hydrogen-bond acceptors (Lipinski definition) is 5. The van der Waals surface area contributed by atoms with Crippen LogP contribution in [0.25, 0.3) is 10.9 Å². The van der Waals surface area contributed by atoms with Crippen LogP contribution in [0.15, 0.2) is 24.3 Å². The molecular weight excluding hydrogens is 354 g/mol. The largest absolute Gasteiger partial charge is 0.370 e. The van der Waals surface area contributed by atoms with Gasteiger partial charge in [-0.15, -0.1) is 0 Å². The van der Waals surface area contributed by atoms with Crippen LogP contribution in [0.2, 0.25) is 5.02 Å². The first-order valence-electron chi connectivity index (χ1n) is 8.40. The van der Waals surface area contributed by atoms with Gasteiger partial charge in [-0.25, -0.2) is 9.78 Å². The second-order valence-electron chi connectivity index (χ2n) is 6.68. The lowest BCUT2D eigenvalue weighted by Crippen LogP contribution is -2.51. The van der Waals surface area contributed by atoms with Gasteiger partial charge in [0.1, 0.15) is 11.4 Å². The smallest absolute Gasteiger partial charge is 0.322 e. The third kappa shape index (κ3) is 2.63. The summed E-state index contributed by atoms with van der Waals surface area (Å²) in [5.41, 5.74) is 0.309. The Morgan fingerprint density at radius 3 is 2.96 bits per heavy atom. The topological polar surface area (TPSA) is 107 Å². The number of halogens is 1. The molecule has 7 nitrogen and oxygen atoms in total. The number of hydrogen-bond donors (Lipinski definition) is 3. The number of nitrogens with one attached hydrogen (secondary N) is 3. The number of nitrogens with zero attached hydrogens (tertiary/aromatic N) is 2. The summed E-state index contributed by atoms with van der Waals surface area (Å²) in [5.74, 6) is 0.260. The fourth-order valence-corrected chi connectivity index (χ4v) is 4.10. The zero-order valence-electron chi connectivity index (χ0n) is 13.8. The molecule has 2 heterocycles. The molecule has 1 saturated heterocycles. The van der Waals surface area contributed by atoms with Crippen LogP contribution in [0, 0.1) is 17.2 Å². The molecule has 2 aromatic rings. The van der Waals surface area contributed by atoms with E-state index in [1.54, 1.807) is 24.3 Å². The van der Waals surface area contributed by atoms with Crippen molar-refractivity contribution in [3.05, 3.63) is 34.9 Å². The van der Waals surface area contributed by atoms with Crippen LogP contribution in [0.1, 0.15) is 24.8 Å². The average Bonchev–Trinajstić information content (AvgIpc) is 3.15. The van der Waals surface area contributed by atoms with Crippen LogP contribution in [0.5, 0.6) is 0 Å². The van der Waals surface area contributed by atoms with Gasteiger partial charge in [0, 0.05) is 22.9 Å². The highest BCUT2D eigenvalue weighted by molar-refractivity contribution is 6.31. The minimum atomic E-state index is -0.841. The van der Waals surface area contributed by atoms with E-state index in [1.165, 1.54) is 0 Å². The minimum absolute atomic E-state index is 0.0396. The summed E-state index contributed by atoms with van der Waals surface area (Å²) in [7, 11) is 0. The molecule has 0 radical (unpaired) electrons. The summed E-state index contributed by atoms with van der Waals surface area (Å²) < 4.78 is 0. The Labute approximate surface area is 154 Å². The van der Waals surface area contributed by atoms with Gasteiger partial charge in [-0.2, -0.15) is 5.26 Å². The molecule has 1 aromatic carbocycles. The van der Waals surface area contributed by atoms with E-state index in [2.05, 4.69) is 27.0 Å². The van der Waals surface area contributed by atoms with Gasteiger partial charge in [0.05, 0.1) is 17.1 Å². The van der Waals surface area contributed by atoms with Crippen LogP contribution >= 0.6 is 11.6 Å². The molecule has 2 atom stereocenters. The molecule has 8 heteroatoms. The highest BCUT2D eigenvalue weighted by atomic mass is 35.5. The van der Waals surface area contributed by atoms with Crippen molar-refractivity contribution in [3.8, 4) is 6.07 Å². The van der Waals surface area contributed by atoms with E-state index in [4.69, 9.17) is 11.6 Å². The fraction of sp³-hybridized carbons (Fsp3) is 0.333. The van der Waals surface area contributed by atoms with Crippen molar-refractivity contribution in [2.24, 2.45) is 5.92 Å². The number of carbonyl (C=O) groups is 2. The van der Waals surface area contributed by atoms with Crippen molar-refractivity contribution >= 4 is 40.3 Å². The summed E-state index contributed by atoms with van der Waals surface area (Å²) in [6.07, 6.45) is 2.33. The van der Waals surface area contributed by atoms with Crippen molar-refractivity contribution < 1.29 is 9.59 Å². The quantitative estimate of drug-likeness (QED) is 0.721. The molecule has 2 fully saturated rings. The first-order valence-corrected chi connectivity index (χ1v) is 8.77. The molecule has 1 spiro atoms. The van der Waals surface area contributed by atoms with Gasteiger partial charge in [-0.1, -0.05) is 18.0 Å². The standard InChI is InChI=1S/C18H16ClN5O2/c19-12-3-4-14-13(7-12)10(8-20)6-15(22-14)21-9-11-2-1-5-18(11)16(25)23-17(26)24-18/h3-4,6-7,11H,1-2,5,9H2,(H,21,22)(H2,23,24,25,26). The van der Waals surface area contributed by atoms with Crippen molar-refractivity contribution in [2.75, 3.05) is 11.9 Å². The van der Waals surface area contributed by atoms with Crippen molar-refractivity contribution in [3.63, 3.8) is 0 Å². The van der Waals surface area contributed by atoms with Crippen molar-refractivity contribution in [1.82, 2.24) is 15.6 Å². The fourth-order valence-electron chi connectivity index (χ4n) is 3.93. The van der Waals surface area contributed by atoms with E-state index in [-0.39, 0.29) is 11.8 Å². The number of fused-ring (bicyclic) bond motifs is 1. The number of urea groups is 1. The number of imide groups is 1. The number of benzene rings is 1. The molecule has 1 saturated carbocycles. The third-order valence-corrected chi connectivity index (χ3v) is 5.45. The number of rotatable bonds is 3. The van der Waals surface area contributed by atoms with Gasteiger partial charge < -0.3 is 10.6 Å². The molecule has 132 valence electrons. The maximum atomic E-state index is 12.2. The van der Waals surface area contributed by atoms with E-state index in [1.807, 2.05) is 0 Å². The van der Waals surface area contributed by atoms with Crippen LogP contribution in [-0.4, -0.2) is 29.0 Å². The second kappa shape index (κ2) is 6.15. The van der Waals surface area contributed by atoms with Crippen LogP contribution in [-0.2, 0) is 4.79 Å². The summed E-state index contributed by atoms with van der Waals surface area (Å²) in [6, 6.07) is 8.62. The molecule has 3 N–H and O–H groups in total. The number of nitriles is 1. The first kappa shape index (κ1) is 16.6. The summed E-state index contributed by atoms with van der Waals surface area (Å²) in [4.78, 5) is 28.3. The summed E-state index contributed by atoms with van der Waals surface area (Å²) in [5, 5.41) is 19.0. The monoisotopic (exact) mass is 369 g/mol. The predicted molar refractivity (Wildman–Crippen MR) is 96.7 cm³/mol. The highest BCUT2D eigenvalue weighted by Crippen LogP contribution is 2.38. The first-order chi connectivity index (χ1) is 12.5. The van der Waals surface area contributed by atoms with E-state index in [0.29, 0.717) is 40.3 Å².